The smallest absolute Gasteiger partial charge is 0.255 e. The summed E-state index contributed by atoms with van der Waals surface area (Å²) >= 11 is 3.12. The van der Waals surface area contributed by atoms with E-state index in [1.807, 2.05) is 0 Å². The van der Waals surface area contributed by atoms with Crippen molar-refractivity contribution >= 4 is 32.6 Å². The Morgan fingerprint density at radius 1 is 1.59 bits per heavy atom. The number of rotatable bonds is 4. The van der Waals surface area contributed by atoms with Gasteiger partial charge in [0.2, 0.25) is 0 Å². The van der Waals surface area contributed by atoms with E-state index in [0.717, 1.165) is 0 Å². The summed E-state index contributed by atoms with van der Waals surface area (Å²) in [6.07, 6.45) is 1.57. The molecule has 0 bridgehead atoms. The molecule has 0 radical (unpaired) electrons. The Hall–Kier alpha value is -0.750. The van der Waals surface area contributed by atoms with Crippen LogP contribution < -0.4 is 5.32 Å². The van der Waals surface area contributed by atoms with Gasteiger partial charge in [-0.2, -0.15) is 0 Å². The van der Waals surface area contributed by atoms with Gasteiger partial charge < -0.3 is 5.32 Å². The van der Waals surface area contributed by atoms with Gasteiger partial charge in [0.25, 0.3) is 5.91 Å². The molecule has 1 N–H and O–H groups in total. The van der Waals surface area contributed by atoms with Crippen molar-refractivity contribution in [2.75, 3.05) is 12.8 Å². The molecule has 17 heavy (non-hydrogen) atoms. The molecule has 0 saturated heterocycles. The van der Waals surface area contributed by atoms with Crippen LogP contribution in [0.15, 0.2) is 22.7 Å². The van der Waals surface area contributed by atoms with Gasteiger partial charge in [0, 0.05) is 33.3 Å². The Labute approximate surface area is 110 Å². The quantitative estimate of drug-likeness (QED) is 0.923. The molecule has 94 valence electrons. The van der Waals surface area contributed by atoms with Gasteiger partial charge in [-0.25, -0.2) is 4.39 Å². The molecule has 1 aromatic rings. The third kappa shape index (κ3) is 3.89. The van der Waals surface area contributed by atoms with Crippen molar-refractivity contribution in [3.05, 3.63) is 34.1 Å². The average Bonchev–Trinajstić information content (AvgIpc) is 2.25. The molecule has 0 fully saturated rings. The normalized spacial score (nSPS) is 14.1. The van der Waals surface area contributed by atoms with Crippen molar-refractivity contribution in [1.82, 2.24) is 5.32 Å². The molecule has 2 atom stereocenters. The number of hydrogen-bond acceptors (Lipinski definition) is 2. The molecule has 0 aliphatic rings. The first-order valence-electron chi connectivity index (χ1n) is 4.98. The molecule has 0 aliphatic carbocycles. The van der Waals surface area contributed by atoms with Crippen molar-refractivity contribution in [2.45, 2.75) is 12.2 Å². The maximum Gasteiger partial charge on any atom is 0.255 e. The Morgan fingerprint density at radius 3 is 2.76 bits per heavy atom. The number of amides is 1. The fraction of sp³-hybridized carbons (Fsp3) is 0.364. The summed E-state index contributed by atoms with van der Waals surface area (Å²) in [5.74, 6) is -1.09. The molecule has 0 saturated carbocycles. The van der Waals surface area contributed by atoms with Crippen LogP contribution in [-0.4, -0.2) is 28.2 Å². The van der Waals surface area contributed by atoms with Gasteiger partial charge in [-0.1, -0.05) is 6.07 Å². The number of nitrogens with one attached hydrogen (secondary N) is 1. The maximum atomic E-state index is 13.4. The lowest BCUT2D eigenvalue weighted by atomic mass is 10.2. The van der Waals surface area contributed by atoms with E-state index < -0.39 is 22.5 Å². The topological polar surface area (TPSA) is 46.2 Å². The summed E-state index contributed by atoms with van der Waals surface area (Å²) in [6, 6.07) is 4.33. The average molecular weight is 322 g/mol. The zero-order valence-corrected chi connectivity index (χ0v) is 11.9. The number of carbonyl (C=O) groups excluding carboxylic acids is 1. The van der Waals surface area contributed by atoms with Crippen molar-refractivity contribution in [2.24, 2.45) is 0 Å². The molecule has 0 aromatic heterocycles. The maximum absolute atomic E-state index is 13.4. The van der Waals surface area contributed by atoms with Crippen LogP contribution in [0.2, 0.25) is 0 Å². The highest BCUT2D eigenvalue weighted by atomic mass is 79.9. The number of hydrogen-bond donors (Lipinski definition) is 1. The Bertz CT molecular complexity index is 433. The Balaban J connectivity index is 2.74. The Kier molecular flexibility index (Phi) is 5.27. The minimum absolute atomic E-state index is 0.0263. The van der Waals surface area contributed by atoms with E-state index in [9.17, 15) is 13.4 Å². The van der Waals surface area contributed by atoms with Gasteiger partial charge in [0.15, 0.2) is 0 Å². The van der Waals surface area contributed by atoms with Gasteiger partial charge in [-0.05, 0) is 35.0 Å². The fourth-order valence-electron chi connectivity index (χ4n) is 1.16. The molecular formula is C11H13BrFNO2S. The van der Waals surface area contributed by atoms with Gasteiger partial charge in [-0.15, -0.1) is 0 Å². The lowest BCUT2D eigenvalue weighted by Gasteiger charge is -2.11. The predicted molar refractivity (Wildman–Crippen MR) is 70.0 cm³/mol. The van der Waals surface area contributed by atoms with E-state index in [1.165, 1.54) is 12.1 Å². The van der Waals surface area contributed by atoms with Gasteiger partial charge >= 0.3 is 0 Å². The molecule has 0 aliphatic heterocycles. The van der Waals surface area contributed by atoms with Crippen LogP contribution in [0.25, 0.3) is 0 Å². The van der Waals surface area contributed by atoms with Crippen LogP contribution in [0, 0.1) is 5.82 Å². The summed E-state index contributed by atoms with van der Waals surface area (Å²) in [4.78, 5) is 11.7. The zero-order valence-electron chi connectivity index (χ0n) is 9.50. The number of benzene rings is 1. The highest BCUT2D eigenvalue weighted by Gasteiger charge is 2.16. The first-order valence-corrected chi connectivity index (χ1v) is 7.39. The summed E-state index contributed by atoms with van der Waals surface area (Å²) in [5, 5.41) is 2.40. The lowest BCUT2D eigenvalue weighted by molar-refractivity contribution is 0.0949. The molecular weight excluding hydrogens is 309 g/mol. The summed E-state index contributed by atoms with van der Waals surface area (Å²) < 4.78 is 24.9. The van der Waals surface area contributed by atoms with E-state index in [1.54, 1.807) is 19.2 Å². The number of carbonyl (C=O) groups is 1. The van der Waals surface area contributed by atoms with Crippen LogP contribution in [0.1, 0.15) is 17.3 Å². The van der Waals surface area contributed by atoms with Crippen LogP contribution in [0.4, 0.5) is 4.39 Å². The van der Waals surface area contributed by atoms with E-state index in [0.29, 0.717) is 4.47 Å². The molecule has 3 nitrogen and oxygen atoms in total. The van der Waals surface area contributed by atoms with Crippen LogP contribution in [0.3, 0.4) is 0 Å². The summed E-state index contributed by atoms with van der Waals surface area (Å²) in [6.45, 7) is 2.01. The molecule has 0 heterocycles. The van der Waals surface area contributed by atoms with Crippen LogP contribution in [0.5, 0.6) is 0 Å². The lowest BCUT2D eigenvalue weighted by Crippen LogP contribution is -2.33. The first kappa shape index (κ1) is 14.3. The molecule has 6 heteroatoms. The van der Waals surface area contributed by atoms with Crippen LogP contribution >= 0.6 is 15.9 Å². The van der Waals surface area contributed by atoms with Crippen molar-refractivity contribution < 1.29 is 13.4 Å². The molecule has 1 amide bonds. The third-order valence-electron chi connectivity index (χ3n) is 2.31. The SMILES string of the molecule is CC(CNC(=O)c1c(F)cccc1Br)S(C)=O. The summed E-state index contributed by atoms with van der Waals surface area (Å²) in [5.41, 5.74) is -0.0263. The standard InChI is InChI=1S/C11H13BrFNO2S/c1-7(17(2)16)6-14-11(15)10-8(12)4-3-5-9(10)13/h3-5,7H,6H2,1-2H3,(H,14,15). The highest BCUT2D eigenvalue weighted by molar-refractivity contribution is 9.10. The second kappa shape index (κ2) is 6.26. The van der Waals surface area contributed by atoms with E-state index in [-0.39, 0.29) is 17.4 Å². The van der Waals surface area contributed by atoms with Crippen molar-refractivity contribution in [3.8, 4) is 0 Å². The molecule has 2 unspecified atom stereocenters. The molecule has 1 aromatic carbocycles. The predicted octanol–water partition coefficient (Wildman–Crippen LogP) is 2.08. The zero-order chi connectivity index (χ0) is 13.0. The Morgan fingerprint density at radius 2 is 2.24 bits per heavy atom. The van der Waals surface area contributed by atoms with Crippen LogP contribution in [-0.2, 0) is 10.8 Å². The monoisotopic (exact) mass is 321 g/mol. The minimum atomic E-state index is -1.01. The van der Waals surface area contributed by atoms with E-state index in [2.05, 4.69) is 21.2 Å². The largest absolute Gasteiger partial charge is 0.351 e. The van der Waals surface area contributed by atoms with E-state index >= 15 is 0 Å². The third-order valence-corrected chi connectivity index (χ3v) is 4.27. The summed E-state index contributed by atoms with van der Waals surface area (Å²) in [7, 11) is -1.01. The van der Waals surface area contributed by atoms with Crippen molar-refractivity contribution in [3.63, 3.8) is 0 Å². The first-order chi connectivity index (χ1) is 7.93. The second-order valence-corrected chi connectivity index (χ2v) is 6.27. The van der Waals surface area contributed by atoms with E-state index in [4.69, 9.17) is 0 Å². The second-order valence-electron chi connectivity index (χ2n) is 3.62. The van der Waals surface area contributed by atoms with Crippen molar-refractivity contribution in [1.29, 1.82) is 0 Å². The van der Waals surface area contributed by atoms with Gasteiger partial charge in [0.1, 0.15) is 5.82 Å². The molecule has 0 spiro atoms. The highest BCUT2D eigenvalue weighted by Crippen LogP contribution is 2.19. The minimum Gasteiger partial charge on any atom is -0.351 e. The van der Waals surface area contributed by atoms with Gasteiger partial charge in [0.05, 0.1) is 5.56 Å². The fourth-order valence-corrected chi connectivity index (χ4v) is 2.00. The van der Waals surface area contributed by atoms with Gasteiger partial charge in [-0.3, -0.25) is 9.00 Å². The molecule has 1 rings (SSSR count). The number of halogens is 2.